The van der Waals surface area contributed by atoms with E-state index in [0.717, 1.165) is 24.3 Å². The van der Waals surface area contributed by atoms with Crippen molar-refractivity contribution in [2.45, 2.75) is 57.8 Å². The molecule has 2 aromatic heterocycles. The van der Waals surface area contributed by atoms with Crippen LogP contribution in [0.25, 0.3) is 11.5 Å². The van der Waals surface area contributed by atoms with E-state index in [0.29, 0.717) is 17.3 Å². The van der Waals surface area contributed by atoms with Gasteiger partial charge in [-0.3, -0.25) is 0 Å². The minimum atomic E-state index is -2.18. The number of esters is 1. The van der Waals surface area contributed by atoms with Crippen molar-refractivity contribution >= 4 is 14.3 Å². The van der Waals surface area contributed by atoms with Gasteiger partial charge in [0.05, 0.1) is 13.3 Å². The number of fused-ring (bicyclic) bond motifs is 1. The fraction of sp³-hybridized carbons (Fsp3) is 0.344. The molecule has 0 saturated carbocycles. The molecule has 1 aliphatic carbocycles. The van der Waals surface area contributed by atoms with Crippen LogP contribution in [0.1, 0.15) is 54.4 Å². The van der Waals surface area contributed by atoms with Crippen molar-refractivity contribution in [3.8, 4) is 23.0 Å². The third kappa shape index (κ3) is 5.88. The monoisotopic (exact) mass is 556 g/mol. The largest absolute Gasteiger partial charge is 0.464 e. The van der Waals surface area contributed by atoms with Crippen molar-refractivity contribution in [1.29, 1.82) is 0 Å². The van der Waals surface area contributed by atoms with Gasteiger partial charge >= 0.3 is 5.97 Å². The number of carbonyl (C=O) groups is 1. The number of pyridine rings is 1. The molecule has 0 bridgehead atoms. The summed E-state index contributed by atoms with van der Waals surface area (Å²) >= 11 is 0. The number of para-hydroxylation sites is 1. The van der Waals surface area contributed by atoms with Gasteiger partial charge in [-0.1, -0.05) is 51.1 Å². The van der Waals surface area contributed by atoms with Gasteiger partial charge in [-0.2, -0.15) is 0 Å². The lowest BCUT2D eigenvalue weighted by Crippen LogP contribution is -2.43. The molecular formula is C32H36N2O5Si. The molecule has 208 valence electrons. The second kappa shape index (κ2) is 11.0. The molecule has 0 N–H and O–H groups in total. The van der Waals surface area contributed by atoms with Crippen LogP contribution in [0.3, 0.4) is 0 Å². The van der Waals surface area contributed by atoms with E-state index in [1.54, 1.807) is 24.4 Å². The fourth-order valence-corrected chi connectivity index (χ4v) is 5.98. The van der Waals surface area contributed by atoms with Crippen molar-refractivity contribution in [3.05, 3.63) is 95.6 Å². The van der Waals surface area contributed by atoms with E-state index >= 15 is 0 Å². The first-order valence-electron chi connectivity index (χ1n) is 13.6. The smallest absolute Gasteiger partial charge is 0.356 e. The van der Waals surface area contributed by atoms with Gasteiger partial charge in [0.2, 0.25) is 5.89 Å². The van der Waals surface area contributed by atoms with Crippen molar-refractivity contribution in [1.82, 2.24) is 9.97 Å². The summed E-state index contributed by atoms with van der Waals surface area (Å²) in [5.74, 6) is 2.30. The lowest BCUT2D eigenvalue weighted by atomic mass is 9.99. The molecule has 5 rings (SSSR count). The molecular weight excluding hydrogens is 520 g/mol. The Labute approximate surface area is 236 Å². The highest BCUT2D eigenvalue weighted by Gasteiger charge is 2.44. The summed E-state index contributed by atoms with van der Waals surface area (Å²) in [6.07, 6.45) is 3.01. The number of nitrogens with zero attached hydrogens (tertiary/aromatic N) is 2. The van der Waals surface area contributed by atoms with E-state index in [2.05, 4.69) is 56.0 Å². The number of ether oxygens (including phenoxy) is 2. The van der Waals surface area contributed by atoms with Gasteiger partial charge in [0.15, 0.2) is 14.1 Å². The molecule has 7 nitrogen and oxygen atoms in total. The summed E-state index contributed by atoms with van der Waals surface area (Å²) in [7, 11) is -0.848. The Morgan fingerprint density at radius 2 is 1.73 bits per heavy atom. The standard InChI is InChI=1S/C32H36N2O5Si/c1-32(2,3)40(5,6)39-29(30-33-20-28(38-30)26-13-10-14-27(34-26)31(35)36-4)23-17-21-15-16-25(19-22(21)18-23)37-24-11-8-7-9-12-24/h7-16,19-20,23,29H,17-18H2,1-6H3. The van der Waals surface area contributed by atoms with Crippen LogP contribution in [0, 0.1) is 5.92 Å². The number of hydrogen-bond donors (Lipinski definition) is 0. The van der Waals surface area contributed by atoms with Gasteiger partial charge in [0.25, 0.3) is 0 Å². The maximum atomic E-state index is 12.0. The minimum Gasteiger partial charge on any atom is -0.464 e. The summed E-state index contributed by atoms with van der Waals surface area (Å²) < 4.78 is 24.3. The number of methoxy groups -OCH3 is 1. The Balaban J connectivity index is 1.43. The highest BCUT2D eigenvalue weighted by molar-refractivity contribution is 6.74. The third-order valence-electron chi connectivity index (χ3n) is 7.94. The van der Waals surface area contributed by atoms with Crippen molar-refractivity contribution in [3.63, 3.8) is 0 Å². The minimum absolute atomic E-state index is 0.0131. The molecule has 2 aromatic carbocycles. The lowest BCUT2D eigenvalue weighted by molar-refractivity contribution is 0.0594. The second-order valence-electron chi connectivity index (χ2n) is 11.8. The van der Waals surface area contributed by atoms with Crippen LogP contribution in [-0.4, -0.2) is 31.4 Å². The zero-order valence-corrected chi connectivity index (χ0v) is 24.9. The van der Waals surface area contributed by atoms with Gasteiger partial charge in [-0.05, 0) is 78.5 Å². The topological polar surface area (TPSA) is 83.7 Å². The van der Waals surface area contributed by atoms with E-state index in [4.69, 9.17) is 18.3 Å². The molecule has 0 saturated heterocycles. The summed E-state index contributed by atoms with van der Waals surface area (Å²) in [6.45, 7) is 11.2. The molecule has 2 atom stereocenters. The predicted octanol–water partition coefficient (Wildman–Crippen LogP) is 7.79. The summed E-state index contributed by atoms with van der Waals surface area (Å²) in [6, 6.07) is 21.3. The average Bonchev–Trinajstić information content (AvgIpc) is 3.59. The van der Waals surface area contributed by atoms with Gasteiger partial charge in [0.1, 0.15) is 29.0 Å². The second-order valence-corrected chi connectivity index (χ2v) is 16.5. The Hall–Kier alpha value is -3.75. The Kier molecular flexibility index (Phi) is 7.66. The van der Waals surface area contributed by atoms with Crippen LogP contribution in [0.5, 0.6) is 11.5 Å². The van der Waals surface area contributed by atoms with Crippen LogP contribution in [-0.2, 0) is 22.0 Å². The maximum Gasteiger partial charge on any atom is 0.356 e. The van der Waals surface area contributed by atoms with E-state index in [1.807, 2.05) is 36.4 Å². The van der Waals surface area contributed by atoms with E-state index < -0.39 is 14.3 Å². The van der Waals surface area contributed by atoms with Crippen molar-refractivity contribution in [2.75, 3.05) is 7.11 Å². The van der Waals surface area contributed by atoms with E-state index in [-0.39, 0.29) is 22.8 Å². The van der Waals surface area contributed by atoms with Crippen LogP contribution in [0.15, 0.2) is 77.3 Å². The number of rotatable bonds is 8. The van der Waals surface area contributed by atoms with Crippen molar-refractivity contribution < 1.29 is 23.1 Å². The van der Waals surface area contributed by atoms with Gasteiger partial charge < -0.3 is 18.3 Å². The van der Waals surface area contributed by atoms with Gasteiger partial charge in [-0.15, -0.1) is 0 Å². The zero-order valence-electron chi connectivity index (χ0n) is 23.9. The lowest BCUT2D eigenvalue weighted by Gasteiger charge is -2.40. The van der Waals surface area contributed by atoms with Crippen LogP contribution >= 0.6 is 0 Å². The molecule has 0 radical (unpaired) electrons. The molecule has 8 heteroatoms. The number of oxazole rings is 1. The Morgan fingerprint density at radius 1 is 0.975 bits per heavy atom. The molecule has 1 aliphatic rings. The molecule has 0 spiro atoms. The fourth-order valence-electron chi connectivity index (χ4n) is 4.70. The normalized spacial score (nSPS) is 15.9. The Bertz CT molecular complexity index is 1490. The number of benzene rings is 2. The number of aromatic nitrogens is 2. The van der Waals surface area contributed by atoms with E-state index in [1.165, 1.54) is 18.2 Å². The SMILES string of the molecule is COC(=O)c1cccc(-c2cnc(C(O[Si](C)(C)C(C)(C)C)C3Cc4ccc(Oc5ccccc5)cc4C3)o2)n1. The van der Waals surface area contributed by atoms with Crippen LogP contribution in [0.4, 0.5) is 0 Å². The molecule has 0 aliphatic heterocycles. The maximum absolute atomic E-state index is 12.0. The van der Waals surface area contributed by atoms with Crippen molar-refractivity contribution in [2.24, 2.45) is 5.92 Å². The summed E-state index contributed by atoms with van der Waals surface area (Å²) in [5, 5.41) is 0.0131. The molecule has 4 aromatic rings. The number of hydrogen-bond acceptors (Lipinski definition) is 7. The first-order valence-corrected chi connectivity index (χ1v) is 16.5. The zero-order chi connectivity index (χ0) is 28.5. The average molecular weight is 557 g/mol. The summed E-state index contributed by atoms with van der Waals surface area (Å²) in [5.41, 5.74) is 3.27. The molecule has 40 heavy (non-hydrogen) atoms. The molecule has 2 unspecified atom stereocenters. The summed E-state index contributed by atoms with van der Waals surface area (Å²) in [4.78, 5) is 21.1. The van der Waals surface area contributed by atoms with Gasteiger partial charge in [0, 0.05) is 5.92 Å². The molecule has 0 amide bonds. The van der Waals surface area contributed by atoms with Crippen LogP contribution < -0.4 is 4.74 Å². The highest BCUT2D eigenvalue weighted by atomic mass is 28.4. The Morgan fingerprint density at radius 3 is 2.45 bits per heavy atom. The van der Waals surface area contributed by atoms with Gasteiger partial charge in [-0.25, -0.2) is 14.8 Å². The molecule has 2 heterocycles. The number of carbonyl (C=O) groups excluding carboxylic acids is 1. The molecule has 0 fully saturated rings. The predicted molar refractivity (Wildman–Crippen MR) is 156 cm³/mol. The van der Waals surface area contributed by atoms with Crippen LogP contribution in [0.2, 0.25) is 18.1 Å². The third-order valence-corrected chi connectivity index (χ3v) is 12.4. The van der Waals surface area contributed by atoms with E-state index in [9.17, 15) is 4.79 Å². The quantitative estimate of drug-likeness (QED) is 0.162. The highest BCUT2D eigenvalue weighted by Crippen LogP contribution is 2.45. The first kappa shape index (κ1) is 27.8. The first-order chi connectivity index (χ1) is 19.0.